The number of benzene rings is 1. The Hall–Kier alpha value is -2.99. The molecule has 0 saturated carbocycles. The van der Waals surface area contributed by atoms with Gasteiger partial charge in [-0.2, -0.15) is 5.10 Å². The van der Waals surface area contributed by atoms with E-state index in [0.717, 1.165) is 17.5 Å². The van der Waals surface area contributed by atoms with E-state index >= 15 is 0 Å². The molecule has 0 unspecified atom stereocenters. The van der Waals surface area contributed by atoms with Gasteiger partial charge in [0, 0.05) is 29.0 Å². The number of hydrogen-bond acceptors (Lipinski definition) is 4. The predicted octanol–water partition coefficient (Wildman–Crippen LogP) is 4.96. The van der Waals surface area contributed by atoms with Gasteiger partial charge >= 0.3 is 0 Å². The summed E-state index contributed by atoms with van der Waals surface area (Å²) in [5, 5.41) is 7.34. The molecular formula is C23H24N4OS. The lowest BCUT2D eigenvalue weighted by Crippen LogP contribution is -2.32. The van der Waals surface area contributed by atoms with Crippen molar-refractivity contribution in [1.82, 2.24) is 19.7 Å². The van der Waals surface area contributed by atoms with E-state index in [2.05, 4.69) is 42.1 Å². The molecule has 0 bridgehead atoms. The van der Waals surface area contributed by atoms with Crippen molar-refractivity contribution in [3.05, 3.63) is 82.3 Å². The average Bonchev–Trinajstić information content (AvgIpc) is 3.40. The summed E-state index contributed by atoms with van der Waals surface area (Å²) in [6.07, 6.45) is 4.28. The van der Waals surface area contributed by atoms with Crippen molar-refractivity contribution in [1.29, 1.82) is 0 Å². The van der Waals surface area contributed by atoms with Crippen LogP contribution >= 0.6 is 11.3 Å². The molecule has 1 amide bonds. The number of aromatic nitrogens is 3. The zero-order valence-corrected chi connectivity index (χ0v) is 17.5. The molecule has 0 radical (unpaired) electrons. The molecule has 4 rings (SSSR count). The summed E-state index contributed by atoms with van der Waals surface area (Å²) in [6.45, 7) is 5.40. The van der Waals surface area contributed by atoms with Crippen LogP contribution in [0, 0.1) is 0 Å². The van der Waals surface area contributed by atoms with E-state index in [0.29, 0.717) is 18.7 Å². The van der Waals surface area contributed by atoms with Crippen molar-refractivity contribution < 1.29 is 4.79 Å². The Kier molecular flexibility index (Phi) is 5.71. The quantitative estimate of drug-likeness (QED) is 0.437. The molecule has 6 heteroatoms. The Labute approximate surface area is 174 Å². The topological polar surface area (TPSA) is 51.0 Å². The van der Waals surface area contributed by atoms with Crippen LogP contribution in [0.15, 0.2) is 66.3 Å². The largest absolute Gasteiger partial charge is 0.333 e. The summed E-state index contributed by atoms with van der Waals surface area (Å²) < 4.78 is 1.88. The van der Waals surface area contributed by atoms with Gasteiger partial charge in [0.2, 0.25) is 0 Å². The van der Waals surface area contributed by atoms with Gasteiger partial charge in [-0.15, -0.1) is 11.3 Å². The number of hydrogen-bond donors (Lipinski definition) is 0. The van der Waals surface area contributed by atoms with E-state index in [1.165, 1.54) is 10.4 Å². The Morgan fingerprint density at radius 2 is 1.97 bits per heavy atom. The molecule has 3 heterocycles. The lowest BCUT2D eigenvalue weighted by molar-refractivity contribution is 0.0746. The van der Waals surface area contributed by atoms with Gasteiger partial charge in [0.05, 0.1) is 18.3 Å². The van der Waals surface area contributed by atoms with E-state index in [-0.39, 0.29) is 11.9 Å². The maximum atomic E-state index is 13.3. The highest BCUT2D eigenvalue weighted by Gasteiger charge is 2.19. The normalized spacial score (nSPS) is 11.3. The monoisotopic (exact) mass is 404 g/mol. The Balaban J connectivity index is 1.58. The maximum Gasteiger partial charge on any atom is 0.255 e. The highest BCUT2D eigenvalue weighted by Crippen LogP contribution is 2.19. The molecule has 0 saturated heterocycles. The highest BCUT2D eigenvalue weighted by molar-refractivity contribution is 7.09. The van der Waals surface area contributed by atoms with Gasteiger partial charge in [0.25, 0.3) is 5.91 Å². The minimum absolute atomic E-state index is 0.000952. The van der Waals surface area contributed by atoms with Gasteiger partial charge in [-0.3, -0.25) is 4.79 Å². The molecule has 0 aliphatic carbocycles. The van der Waals surface area contributed by atoms with Crippen LogP contribution in [0.4, 0.5) is 0 Å². The van der Waals surface area contributed by atoms with Crippen LogP contribution in [-0.2, 0) is 13.0 Å². The van der Waals surface area contributed by atoms with Crippen LogP contribution in [0.3, 0.4) is 0 Å². The van der Waals surface area contributed by atoms with Gasteiger partial charge in [0.15, 0.2) is 5.65 Å². The molecule has 4 aromatic rings. The van der Waals surface area contributed by atoms with Crippen LogP contribution in [0.2, 0.25) is 0 Å². The van der Waals surface area contributed by atoms with E-state index in [1.807, 2.05) is 45.3 Å². The molecule has 0 aliphatic rings. The van der Waals surface area contributed by atoms with E-state index in [9.17, 15) is 4.79 Å². The van der Waals surface area contributed by atoms with E-state index in [1.54, 1.807) is 23.7 Å². The molecule has 29 heavy (non-hydrogen) atoms. The number of amides is 1. The molecule has 0 atom stereocenters. The number of thiophene rings is 1. The summed E-state index contributed by atoms with van der Waals surface area (Å²) >= 11 is 1.67. The van der Waals surface area contributed by atoms with Gasteiger partial charge in [-0.05, 0) is 43.3 Å². The lowest BCUT2D eigenvalue weighted by Gasteiger charge is -2.22. The summed E-state index contributed by atoms with van der Waals surface area (Å²) in [4.78, 5) is 21.0. The SMILES string of the molecule is CC(C)n1ncc2cc(C(=O)N(CCc3ccccc3)Cc3cccs3)cnc21. The second-order valence-corrected chi connectivity index (χ2v) is 8.39. The Morgan fingerprint density at radius 3 is 2.69 bits per heavy atom. The zero-order valence-electron chi connectivity index (χ0n) is 16.7. The summed E-state index contributed by atoms with van der Waals surface area (Å²) in [5.41, 5.74) is 2.64. The molecule has 0 spiro atoms. The first-order chi connectivity index (χ1) is 14.1. The molecular weight excluding hydrogens is 380 g/mol. The van der Waals surface area contributed by atoms with Crippen LogP contribution in [0.25, 0.3) is 11.0 Å². The minimum Gasteiger partial charge on any atom is -0.333 e. The van der Waals surface area contributed by atoms with Crippen molar-refractivity contribution in [2.24, 2.45) is 0 Å². The van der Waals surface area contributed by atoms with Crippen molar-refractivity contribution >= 4 is 28.3 Å². The van der Waals surface area contributed by atoms with Crippen LogP contribution in [-0.4, -0.2) is 32.1 Å². The van der Waals surface area contributed by atoms with E-state index < -0.39 is 0 Å². The number of carbonyl (C=O) groups is 1. The van der Waals surface area contributed by atoms with Gasteiger partial charge < -0.3 is 4.90 Å². The molecule has 0 fully saturated rings. The zero-order chi connectivity index (χ0) is 20.2. The van der Waals surface area contributed by atoms with Crippen LogP contribution < -0.4 is 0 Å². The average molecular weight is 405 g/mol. The summed E-state index contributed by atoms with van der Waals surface area (Å²) in [7, 11) is 0. The number of nitrogens with zero attached hydrogens (tertiary/aromatic N) is 4. The Morgan fingerprint density at radius 1 is 1.14 bits per heavy atom. The summed E-state index contributed by atoms with van der Waals surface area (Å²) in [6, 6.07) is 16.5. The van der Waals surface area contributed by atoms with Gasteiger partial charge in [0.1, 0.15) is 0 Å². The van der Waals surface area contributed by atoms with Crippen molar-refractivity contribution in [2.75, 3.05) is 6.54 Å². The van der Waals surface area contributed by atoms with Crippen LogP contribution in [0.1, 0.15) is 40.7 Å². The smallest absolute Gasteiger partial charge is 0.255 e. The fourth-order valence-corrected chi connectivity index (χ4v) is 4.09. The van der Waals surface area contributed by atoms with Crippen molar-refractivity contribution in [2.45, 2.75) is 32.9 Å². The standard InChI is InChI=1S/C23H24N4OS/c1-17(2)27-22-19(15-25-27)13-20(14-24-22)23(28)26(16-21-9-6-12-29-21)11-10-18-7-4-3-5-8-18/h3-9,12-15,17H,10-11,16H2,1-2H3. The first kappa shape index (κ1) is 19.3. The van der Waals surface area contributed by atoms with Crippen molar-refractivity contribution in [3.63, 3.8) is 0 Å². The minimum atomic E-state index is 0.000952. The van der Waals surface area contributed by atoms with Gasteiger partial charge in [-0.25, -0.2) is 9.67 Å². The number of pyridine rings is 1. The fraction of sp³-hybridized carbons (Fsp3) is 0.261. The first-order valence-electron chi connectivity index (χ1n) is 9.80. The second kappa shape index (κ2) is 8.57. The predicted molar refractivity (Wildman–Crippen MR) is 117 cm³/mol. The molecule has 148 valence electrons. The molecule has 1 aromatic carbocycles. The third-order valence-corrected chi connectivity index (χ3v) is 5.76. The van der Waals surface area contributed by atoms with Gasteiger partial charge in [-0.1, -0.05) is 36.4 Å². The number of rotatable bonds is 7. The lowest BCUT2D eigenvalue weighted by atomic mass is 10.1. The number of carbonyl (C=O) groups excluding carboxylic acids is 1. The first-order valence-corrected chi connectivity index (χ1v) is 10.7. The van der Waals surface area contributed by atoms with E-state index in [4.69, 9.17) is 0 Å². The third-order valence-electron chi connectivity index (χ3n) is 4.90. The highest BCUT2D eigenvalue weighted by atomic mass is 32.1. The van der Waals surface area contributed by atoms with Crippen molar-refractivity contribution in [3.8, 4) is 0 Å². The van der Waals surface area contributed by atoms with Crippen LogP contribution in [0.5, 0.6) is 0 Å². The Bertz CT molecular complexity index is 1090. The fourth-order valence-electron chi connectivity index (χ4n) is 3.37. The molecule has 3 aromatic heterocycles. The summed E-state index contributed by atoms with van der Waals surface area (Å²) in [5.74, 6) is 0.000952. The maximum absolute atomic E-state index is 13.3. The molecule has 5 nitrogen and oxygen atoms in total. The molecule has 0 N–H and O–H groups in total. The number of fused-ring (bicyclic) bond motifs is 1. The second-order valence-electron chi connectivity index (χ2n) is 7.36. The molecule has 0 aliphatic heterocycles. The third kappa shape index (κ3) is 4.38.